The summed E-state index contributed by atoms with van der Waals surface area (Å²) in [5.41, 5.74) is 4.51. The van der Waals surface area contributed by atoms with Crippen molar-refractivity contribution < 1.29 is 13.2 Å². The Hall–Kier alpha value is -2.34. The van der Waals surface area contributed by atoms with Crippen LogP contribution in [0.25, 0.3) is 0 Å². The van der Waals surface area contributed by atoms with Gasteiger partial charge in [-0.2, -0.15) is 13.2 Å². The second-order valence-corrected chi connectivity index (χ2v) is 7.02. The molecule has 1 N–H and O–H groups in total. The highest BCUT2D eigenvalue weighted by Crippen LogP contribution is 2.23. The van der Waals surface area contributed by atoms with Crippen LogP contribution in [0.5, 0.6) is 0 Å². The number of nitrogens with zero attached hydrogens (tertiary/aromatic N) is 2. The van der Waals surface area contributed by atoms with Gasteiger partial charge in [0, 0.05) is 30.3 Å². The van der Waals surface area contributed by atoms with E-state index in [4.69, 9.17) is 11.6 Å². The monoisotopic (exact) mass is 409 g/mol. The smallest absolute Gasteiger partial charge is 0.376 e. The Bertz CT molecular complexity index is 858. The summed E-state index contributed by atoms with van der Waals surface area (Å²) in [4.78, 5) is 8.63. The standard InChI is InChI=1S/C21H23ClF3N3/c1-13-11-17(22)6-7-18(13)20(26-4)15(3)28-14(2)19-8-5-16(12-27-19)9-10-21(23,24)25/h5-8,11-12,14,28H,3,9-10H2,1-2,4H3. The Morgan fingerprint density at radius 2 is 2.00 bits per heavy atom. The molecule has 150 valence electrons. The molecule has 1 aromatic carbocycles. The van der Waals surface area contributed by atoms with Crippen LogP contribution in [0.1, 0.15) is 41.8 Å². The minimum absolute atomic E-state index is 0.0756. The molecule has 0 amide bonds. The number of aliphatic imine (C=N–C) groups is 1. The van der Waals surface area contributed by atoms with Crippen molar-refractivity contribution in [3.05, 3.63) is 76.2 Å². The molecule has 0 aliphatic rings. The fraction of sp³-hybridized carbons (Fsp3) is 0.333. The van der Waals surface area contributed by atoms with Gasteiger partial charge in [0.2, 0.25) is 0 Å². The Morgan fingerprint density at radius 1 is 1.29 bits per heavy atom. The number of hydrogen-bond donors (Lipinski definition) is 1. The number of rotatable bonds is 7. The van der Waals surface area contributed by atoms with Crippen LogP contribution in [0, 0.1) is 6.92 Å². The van der Waals surface area contributed by atoms with Crippen LogP contribution in [0.2, 0.25) is 5.02 Å². The summed E-state index contributed by atoms with van der Waals surface area (Å²) in [7, 11) is 1.69. The SMILES string of the molecule is C=C(NC(C)c1ccc(CCC(F)(F)F)cn1)C(=NC)c1ccc(Cl)cc1C. The lowest BCUT2D eigenvalue weighted by Gasteiger charge is -2.19. The molecular weight excluding hydrogens is 387 g/mol. The van der Waals surface area contributed by atoms with Crippen LogP contribution in [-0.2, 0) is 6.42 Å². The highest BCUT2D eigenvalue weighted by atomic mass is 35.5. The van der Waals surface area contributed by atoms with Gasteiger partial charge in [0.05, 0.1) is 23.1 Å². The second kappa shape index (κ2) is 9.24. The Morgan fingerprint density at radius 3 is 2.54 bits per heavy atom. The van der Waals surface area contributed by atoms with E-state index in [0.29, 0.717) is 27.7 Å². The number of benzene rings is 1. The predicted octanol–water partition coefficient (Wildman–Crippen LogP) is 5.82. The Kier molecular flexibility index (Phi) is 7.24. The Balaban J connectivity index is 2.06. The third kappa shape index (κ3) is 6.09. The number of hydrogen-bond acceptors (Lipinski definition) is 3. The van der Waals surface area contributed by atoms with Gasteiger partial charge in [-0.05, 0) is 49.6 Å². The lowest BCUT2D eigenvalue weighted by atomic mass is 10.0. The number of nitrogens with one attached hydrogen (secondary N) is 1. The van der Waals surface area contributed by atoms with Gasteiger partial charge in [-0.25, -0.2) is 0 Å². The molecular formula is C21H23ClF3N3. The molecule has 0 radical (unpaired) electrons. The van der Waals surface area contributed by atoms with Crippen LogP contribution in [0.4, 0.5) is 13.2 Å². The van der Waals surface area contributed by atoms with E-state index in [1.165, 1.54) is 6.20 Å². The summed E-state index contributed by atoms with van der Waals surface area (Å²) in [6, 6.07) is 8.77. The topological polar surface area (TPSA) is 37.3 Å². The van der Waals surface area contributed by atoms with E-state index in [0.717, 1.165) is 11.1 Å². The third-order valence-corrected chi connectivity index (χ3v) is 4.57. The quantitative estimate of drug-likeness (QED) is 0.585. The van der Waals surface area contributed by atoms with Crippen LogP contribution < -0.4 is 5.32 Å². The number of aromatic nitrogens is 1. The van der Waals surface area contributed by atoms with Gasteiger partial charge >= 0.3 is 6.18 Å². The average Bonchev–Trinajstić information content (AvgIpc) is 2.62. The van der Waals surface area contributed by atoms with E-state index in [1.807, 2.05) is 26.0 Å². The maximum atomic E-state index is 12.3. The lowest BCUT2D eigenvalue weighted by Crippen LogP contribution is -2.24. The summed E-state index contributed by atoms with van der Waals surface area (Å²) in [5.74, 6) is 0. The van der Waals surface area contributed by atoms with Crippen LogP contribution in [0.15, 0.2) is 53.8 Å². The zero-order chi connectivity index (χ0) is 20.9. The van der Waals surface area contributed by atoms with Crippen molar-refractivity contribution in [1.29, 1.82) is 0 Å². The highest BCUT2D eigenvalue weighted by molar-refractivity contribution is 6.30. The van der Waals surface area contributed by atoms with Crippen molar-refractivity contribution in [2.45, 2.75) is 38.9 Å². The van der Waals surface area contributed by atoms with E-state index in [1.54, 1.807) is 25.2 Å². The van der Waals surface area contributed by atoms with Crippen molar-refractivity contribution in [3.8, 4) is 0 Å². The van der Waals surface area contributed by atoms with Crippen LogP contribution >= 0.6 is 11.6 Å². The van der Waals surface area contributed by atoms with Gasteiger partial charge < -0.3 is 5.32 Å². The molecule has 0 fully saturated rings. The molecule has 1 heterocycles. The van der Waals surface area contributed by atoms with Crippen molar-refractivity contribution in [3.63, 3.8) is 0 Å². The maximum Gasteiger partial charge on any atom is 0.389 e. The summed E-state index contributed by atoms with van der Waals surface area (Å²) in [5, 5.41) is 3.91. The fourth-order valence-electron chi connectivity index (χ4n) is 2.84. The van der Waals surface area contributed by atoms with Gasteiger partial charge in [-0.15, -0.1) is 0 Å². The van der Waals surface area contributed by atoms with Gasteiger partial charge in [-0.3, -0.25) is 9.98 Å². The maximum absolute atomic E-state index is 12.3. The molecule has 1 unspecified atom stereocenters. The number of alkyl halides is 3. The fourth-order valence-corrected chi connectivity index (χ4v) is 3.07. The molecule has 0 spiro atoms. The van der Waals surface area contributed by atoms with Crippen LogP contribution in [0.3, 0.4) is 0 Å². The highest BCUT2D eigenvalue weighted by Gasteiger charge is 2.26. The minimum atomic E-state index is -4.17. The molecule has 28 heavy (non-hydrogen) atoms. The van der Waals surface area contributed by atoms with Crippen molar-refractivity contribution in [2.75, 3.05) is 7.05 Å². The van der Waals surface area contributed by atoms with Crippen molar-refractivity contribution >= 4 is 17.3 Å². The first-order valence-corrected chi connectivity index (χ1v) is 9.19. The average molecular weight is 410 g/mol. The molecule has 0 aliphatic heterocycles. The number of pyridine rings is 1. The molecule has 0 bridgehead atoms. The normalized spacial score (nSPS) is 13.3. The van der Waals surface area contributed by atoms with Crippen molar-refractivity contribution in [1.82, 2.24) is 10.3 Å². The second-order valence-electron chi connectivity index (χ2n) is 6.58. The van der Waals surface area contributed by atoms with E-state index in [2.05, 4.69) is 21.9 Å². The zero-order valence-corrected chi connectivity index (χ0v) is 16.8. The zero-order valence-electron chi connectivity index (χ0n) is 16.1. The van der Waals surface area contributed by atoms with Gasteiger partial charge in [0.1, 0.15) is 0 Å². The van der Waals surface area contributed by atoms with Crippen LogP contribution in [-0.4, -0.2) is 23.9 Å². The molecule has 7 heteroatoms. The summed E-state index contributed by atoms with van der Waals surface area (Å²) < 4.78 is 37.0. The molecule has 3 nitrogen and oxygen atoms in total. The molecule has 2 aromatic rings. The minimum Gasteiger partial charge on any atom is -0.376 e. The molecule has 0 aliphatic carbocycles. The largest absolute Gasteiger partial charge is 0.389 e. The third-order valence-electron chi connectivity index (χ3n) is 4.33. The van der Waals surface area contributed by atoms with Gasteiger partial charge in [0.25, 0.3) is 0 Å². The summed E-state index contributed by atoms with van der Waals surface area (Å²) in [6.45, 7) is 7.93. The molecule has 0 saturated carbocycles. The van der Waals surface area contributed by atoms with Gasteiger partial charge in [0.15, 0.2) is 0 Å². The predicted molar refractivity (Wildman–Crippen MR) is 108 cm³/mol. The molecule has 0 saturated heterocycles. The molecule has 2 rings (SSSR count). The van der Waals surface area contributed by atoms with E-state index in [9.17, 15) is 13.2 Å². The lowest BCUT2D eigenvalue weighted by molar-refractivity contribution is -0.134. The summed E-state index contributed by atoms with van der Waals surface area (Å²) >= 11 is 6.02. The number of allylic oxidation sites excluding steroid dienone is 1. The number of aryl methyl sites for hydroxylation is 2. The van der Waals surface area contributed by atoms with E-state index < -0.39 is 12.6 Å². The molecule has 1 aromatic heterocycles. The first kappa shape index (κ1) is 22.0. The van der Waals surface area contributed by atoms with Crippen molar-refractivity contribution in [2.24, 2.45) is 4.99 Å². The number of halogens is 4. The first-order chi connectivity index (χ1) is 13.1. The van der Waals surface area contributed by atoms with Gasteiger partial charge in [-0.1, -0.05) is 30.3 Å². The summed E-state index contributed by atoms with van der Waals surface area (Å²) in [6.07, 6.45) is -3.61. The van der Waals surface area contributed by atoms with E-state index >= 15 is 0 Å². The first-order valence-electron chi connectivity index (χ1n) is 8.81. The molecule has 1 atom stereocenters. The Labute approximate surface area is 168 Å². The van der Waals surface area contributed by atoms with E-state index in [-0.39, 0.29) is 12.5 Å².